The van der Waals surface area contributed by atoms with Gasteiger partial charge in [0.25, 0.3) is 0 Å². The van der Waals surface area contributed by atoms with E-state index < -0.39 is 6.29 Å². The second kappa shape index (κ2) is 6.12. The highest BCUT2D eigenvalue weighted by Crippen LogP contribution is 2.26. The molecule has 0 aliphatic carbocycles. The summed E-state index contributed by atoms with van der Waals surface area (Å²) in [5.74, 6) is 0.785. The van der Waals surface area contributed by atoms with Crippen LogP contribution in [0.15, 0.2) is 18.3 Å². The van der Waals surface area contributed by atoms with Crippen LogP contribution in [0.2, 0.25) is 0 Å². The van der Waals surface area contributed by atoms with E-state index in [-0.39, 0.29) is 6.04 Å². The largest absolute Gasteiger partial charge is 0.346 e. The minimum absolute atomic E-state index is 0.248. The van der Waals surface area contributed by atoms with E-state index in [2.05, 4.69) is 28.4 Å². The first kappa shape index (κ1) is 14.0. The molecule has 0 aromatic carbocycles. The van der Waals surface area contributed by atoms with E-state index >= 15 is 0 Å². The summed E-state index contributed by atoms with van der Waals surface area (Å²) in [6.45, 7) is 9.28. The maximum Gasteiger partial charge on any atom is 0.217 e. The van der Waals surface area contributed by atoms with E-state index in [0.29, 0.717) is 13.2 Å². The zero-order valence-electron chi connectivity index (χ0n) is 12.0. The monoisotopic (exact) mass is 263 g/mol. The van der Waals surface area contributed by atoms with Crippen LogP contribution in [0.5, 0.6) is 0 Å². The van der Waals surface area contributed by atoms with Gasteiger partial charge in [-0.25, -0.2) is 9.97 Å². The van der Waals surface area contributed by atoms with Crippen molar-refractivity contribution in [2.45, 2.75) is 40.0 Å². The van der Waals surface area contributed by atoms with Crippen LogP contribution in [0.1, 0.15) is 45.9 Å². The summed E-state index contributed by atoms with van der Waals surface area (Å²) in [5.41, 5.74) is 1.74. The molecule has 0 radical (unpaired) electrons. The Hall–Kier alpha value is -1.46. The molecular weight excluding hydrogens is 242 g/mol. The molecule has 0 atom stereocenters. The van der Waals surface area contributed by atoms with E-state index in [1.807, 2.05) is 26.0 Å². The van der Waals surface area contributed by atoms with Crippen molar-refractivity contribution in [3.8, 4) is 0 Å². The first-order chi connectivity index (χ1) is 9.19. The molecule has 2 heterocycles. The molecular formula is C14H21N3O2. The maximum atomic E-state index is 5.66. The molecule has 0 bridgehead atoms. The van der Waals surface area contributed by atoms with Crippen molar-refractivity contribution >= 4 is 11.2 Å². The molecule has 0 spiro atoms. The number of imidazole rings is 1. The second-order valence-electron chi connectivity index (χ2n) is 4.52. The fraction of sp³-hybridized carbons (Fsp3) is 0.571. The average molecular weight is 263 g/mol. The lowest BCUT2D eigenvalue weighted by Gasteiger charge is -2.19. The predicted molar refractivity (Wildman–Crippen MR) is 73.9 cm³/mol. The lowest BCUT2D eigenvalue weighted by atomic mass is 10.3. The highest BCUT2D eigenvalue weighted by Gasteiger charge is 2.22. The molecule has 0 saturated carbocycles. The topological polar surface area (TPSA) is 49.2 Å². The molecule has 104 valence electrons. The summed E-state index contributed by atoms with van der Waals surface area (Å²) >= 11 is 0. The number of aromatic nitrogens is 3. The summed E-state index contributed by atoms with van der Waals surface area (Å²) in [6.07, 6.45) is 1.34. The van der Waals surface area contributed by atoms with Gasteiger partial charge in [-0.15, -0.1) is 0 Å². The van der Waals surface area contributed by atoms with Gasteiger partial charge in [-0.1, -0.05) is 0 Å². The number of fused-ring (bicyclic) bond motifs is 1. The summed E-state index contributed by atoms with van der Waals surface area (Å²) in [7, 11) is 0. The van der Waals surface area contributed by atoms with Crippen LogP contribution in [0.4, 0.5) is 0 Å². The predicted octanol–water partition coefficient (Wildman–Crippen LogP) is 3.08. The van der Waals surface area contributed by atoms with E-state index in [1.165, 1.54) is 0 Å². The third-order valence-corrected chi connectivity index (χ3v) is 2.84. The lowest BCUT2D eigenvalue weighted by Crippen LogP contribution is -2.16. The van der Waals surface area contributed by atoms with Crippen LogP contribution in [0.25, 0.3) is 11.2 Å². The molecule has 0 amide bonds. The Kier molecular flexibility index (Phi) is 4.50. The number of nitrogens with zero attached hydrogens (tertiary/aromatic N) is 3. The van der Waals surface area contributed by atoms with Crippen molar-refractivity contribution in [2.24, 2.45) is 0 Å². The van der Waals surface area contributed by atoms with Crippen LogP contribution in [0, 0.1) is 0 Å². The van der Waals surface area contributed by atoms with Gasteiger partial charge in [-0.05, 0) is 39.8 Å². The minimum Gasteiger partial charge on any atom is -0.346 e. The summed E-state index contributed by atoms with van der Waals surface area (Å²) in [5, 5.41) is 0. The third kappa shape index (κ3) is 2.77. The molecule has 0 aliphatic rings. The van der Waals surface area contributed by atoms with E-state index in [9.17, 15) is 0 Å². The van der Waals surface area contributed by atoms with Crippen LogP contribution in [-0.4, -0.2) is 27.7 Å². The Balaban J connectivity index is 2.53. The zero-order valence-corrected chi connectivity index (χ0v) is 12.0. The van der Waals surface area contributed by atoms with Gasteiger partial charge in [0.2, 0.25) is 6.29 Å². The summed E-state index contributed by atoms with van der Waals surface area (Å²) < 4.78 is 13.4. The molecule has 0 fully saturated rings. The number of hydrogen-bond acceptors (Lipinski definition) is 4. The molecule has 5 nitrogen and oxygen atoms in total. The van der Waals surface area contributed by atoms with E-state index in [0.717, 1.165) is 17.0 Å². The Morgan fingerprint density at radius 1 is 1.21 bits per heavy atom. The van der Waals surface area contributed by atoms with Crippen molar-refractivity contribution in [3.05, 3.63) is 24.2 Å². The Morgan fingerprint density at radius 2 is 1.89 bits per heavy atom. The van der Waals surface area contributed by atoms with Crippen LogP contribution >= 0.6 is 0 Å². The van der Waals surface area contributed by atoms with Crippen LogP contribution in [-0.2, 0) is 9.47 Å². The fourth-order valence-corrected chi connectivity index (χ4v) is 2.12. The van der Waals surface area contributed by atoms with Gasteiger partial charge in [0, 0.05) is 25.5 Å². The quantitative estimate of drug-likeness (QED) is 0.751. The first-order valence-electron chi connectivity index (χ1n) is 6.75. The number of hydrogen-bond donors (Lipinski definition) is 0. The molecule has 2 rings (SSSR count). The molecule has 2 aromatic rings. The molecule has 5 heteroatoms. The Morgan fingerprint density at radius 3 is 2.47 bits per heavy atom. The smallest absolute Gasteiger partial charge is 0.217 e. The Labute approximate surface area is 113 Å². The van der Waals surface area contributed by atoms with E-state index in [4.69, 9.17) is 9.47 Å². The van der Waals surface area contributed by atoms with Crippen LogP contribution < -0.4 is 0 Å². The first-order valence-corrected chi connectivity index (χ1v) is 6.75. The highest BCUT2D eigenvalue weighted by molar-refractivity contribution is 5.71. The normalized spacial score (nSPS) is 11.9. The Bertz CT molecular complexity index is 530. The van der Waals surface area contributed by atoms with Crippen molar-refractivity contribution in [2.75, 3.05) is 13.2 Å². The van der Waals surface area contributed by atoms with Gasteiger partial charge >= 0.3 is 0 Å². The van der Waals surface area contributed by atoms with Crippen molar-refractivity contribution < 1.29 is 9.47 Å². The van der Waals surface area contributed by atoms with Crippen molar-refractivity contribution in [1.82, 2.24) is 14.5 Å². The van der Waals surface area contributed by atoms with Gasteiger partial charge < -0.3 is 14.0 Å². The minimum atomic E-state index is -0.438. The lowest BCUT2D eigenvalue weighted by molar-refractivity contribution is -0.146. The fourth-order valence-electron chi connectivity index (χ4n) is 2.12. The molecule has 0 N–H and O–H groups in total. The van der Waals surface area contributed by atoms with Gasteiger partial charge in [0.15, 0.2) is 11.5 Å². The standard InChI is InChI=1S/C14H21N3O2/c1-5-18-14(19-6-2)13-16-11-8-7-9-15-12(11)17(13)10(3)4/h7-10,14H,5-6H2,1-4H3. The molecule has 0 saturated heterocycles. The number of pyridine rings is 1. The van der Waals surface area contributed by atoms with Gasteiger partial charge in [-0.3, -0.25) is 0 Å². The van der Waals surface area contributed by atoms with Gasteiger partial charge in [0.1, 0.15) is 5.52 Å². The van der Waals surface area contributed by atoms with Gasteiger partial charge in [-0.2, -0.15) is 0 Å². The molecule has 0 aliphatic heterocycles. The molecule has 2 aromatic heterocycles. The van der Waals surface area contributed by atoms with Crippen molar-refractivity contribution in [1.29, 1.82) is 0 Å². The zero-order chi connectivity index (χ0) is 13.8. The van der Waals surface area contributed by atoms with Crippen LogP contribution in [0.3, 0.4) is 0 Å². The van der Waals surface area contributed by atoms with Gasteiger partial charge in [0.05, 0.1) is 0 Å². The number of ether oxygens (including phenoxy) is 2. The average Bonchev–Trinajstić information content (AvgIpc) is 2.77. The third-order valence-electron chi connectivity index (χ3n) is 2.84. The molecule has 19 heavy (non-hydrogen) atoms. The van der Waals surface area contributed by atoms with Crippen molar-refractivity contribution in [3.63, 3.8) is 0 Å². The molecule has 0 unspecified atom stereocenters. The SMILES string of the molecule is CCOC(OCC)c1nc2cccnc2n1C(C)C. The highest BCUT2D eigenvalue weighted by atomic mass is 16.7. The maximum absolute atomic E-state index is 5.66. The second-order valence-corrected chi connectivity index (χ2v) is 4.52. The summed E-state index contributed by atoms with van der Waals surface area (Å²) in [4.78, 5) is 9.04. The summed E-state index contributed by atoms with van der Waals surface area (Å²) in [6, 6.07) is 4.10. The number of rotatable bonds is 6. The van der Waals surface area contributed by atoms with E-state index in [1.54, 1.807) is 6.20 Å².